The molecule has 32 heavy (non-hydrogen) atoms. The van der Waals surface area contributed by atoms with Crippen molar-refractivity contribution in [3.05, 3.63) is 92.6 Å². The minimum absolute atomic E-state index is 0.0332. The molecule has 0 unspecified atom stereocenters. The maximum Gasteiger partial charge on any atom is 0.330 e. The number of carbonyl (C=O) groups excluding carboxylic acids is 1. The second kappa shape index (κ2) is 10.5. The van der Waals surface area contributed by atoms with Crippen LogP contribution < -0.4 is 21.9 Å². The van der Waals surface area contributed by atoms with Gasteiger partial charge in [0.15, 0.2) is 0 Å². The number of H-pyrrole nitrogens is 1. The van der Waals surface area contributed by atoms with Crippen LogP contribution in [0.4, 0.5) is 11.5 Å². The number of nitrogen functional groups attached to an aromatic ring is 1. The first kappa shape index (κ1) is 22.9. The van der Waals surface area contributed by atoms with E-state index in [0.29, 0.717) is 19.6 Å². The Hall–Kier alpha value is -3.81. The third kappa shape index (κ3) is 5.26. The number of hydrogen-bond donors (Lipinski definition) is 2. The Morgan fingerprint density at radius 3 is 2.06 bits per heavy atom. The molecule has 0 bridgehead atoms. The third-order valence-electron chi connectivity index (χ3n) is 5.37. The molecular formula is C24H29N5O3. The Balaban J connectivity index is 2.06. The van der Waals surface area contributed by atoms with Crippen molar-refractivity contribution in [3.63, 3.8) is 0 Å². The number of nitrogens with one attached hydrogen (secondary N) is 1. The predicted octanol–water partition coefficient (Wildman–Crippen LogP) is 2.04. The van der Waals surface area contributed by atoms with E-state index in [4.69, 9.17) is 5.73 Å². The summed E-state index contributed by atoms with van der Waals surface area (Å²) in [4.78, 5) is 44.0. The molecule has 0 radical (unpaired) electrons. The summed E-state index contributed by atoms with van der Waals surface area (Å²) in [6.07, 6.45) is 0. The maximum absolute atomic E-state index is 12.9. The monoisotopic (exact) mass is 435 g/mol. The van der Waals surface area contributed by atoms with Gasteiger partial charge in [-0.3, -0.25) is 19.1 Å². The number of anilines is 2. The average Bonchev–Trinajstić information content (AvgIpc) is 2.78. The molecule has 0 aliphatic rings. The van der Waals surface area contributed by atoms with Crippen molar-refractivity contribution >= 4 is 17.4 Å². The van der Waals surface area contributed by atoms with Gasteiger partial charge in [0.05, 0.1) is 13.1 Å². The van der Waals surface area contributed by atoms with E-state index < -0.39 is 11.2 Å². The molecule has 8 heteroatoms. The number of hydrogen-bond acceptors (Lipinski definition) is 5. The topological polar surface area (TPSA) is 104 Å². The molecule has 0 spiro atoms. The average molecular weight is 436 g/mol. The Kier molecular flexibility index (Phi) is 7.49. The predicted molar refractivity (Wildman–Crippen MR) is 127 cm³/mol. The van der Waals surface area contributed by atoms with Gasteiger partial charge in [0.1, 0.15) is 11.5 Å². The number of likely N-dealkylation sites (N-methyl/N-ethyl adjacent to an activating group) is 1. The van der Waals surface area contributed by atoms with Crippen molar-refractivity contribution in [1.82, 2.24) is 14.5 Å². The fourth-order valence-electron chi connectivity index (χ4n) is 3.66. The lowest BCUT2D eigenvalue weighted by Crippen LogP contribution is -2.44. The van der Waals surface area contributed by atoms with Crippen molar-refractivity contribution in [2.45, 2.75) is 26.9 Å². The van der Waals surface area contributed by atoms with E-state index in [9.17, 15) is 14.4 Å². The highest BCUT2D eigenvalue weighted by atomic mass is 16.2. The van der Waals surface area contributed by atoms with Crippen LogP contribution in [0, 0.1) is 0 Å². The van der Waals surface area contributed by atoms with Crippen LogP contribution in [0.15, 0.2) is 70.3 Å². The molecule has 0 aliphatic carbocycles. The van der Waals surface area contributed by atoms with Gasteiger partial charge < -0.3 is 15.5 Å². The first-order valence-corrected chi connectivity index (χ1v) is 10.7. The summed E-state index contributed by atoms with van der Waals surface area (Å²) in [7, 11) is 0. The lowest BCUT2D eigenvalue weighted by atomic mass is 10.2. The normalized spacial score (nSPS) is 10.7. The highest BCUT2D eigenvalue weighted by Crippen LogP contribution is 2.20. The van der Waals surface area contributed by atoms with Crippen molar-refractivity contribution in [2.24, 2.45) is 0 Å². The molecule has 0 aliphatic heterocycles. The molecule has 0 saturated heterocycles. The van der Waals surface area contributed by atoms with Crippen molar-refractivity contribution in [2.75, 3.05) is 30.3 Å². The van der Waals surface area contributed by atoms with Gasteiger partial charge in [-0.2, -0.15) is 0 Å². The summed E-state index contributed by atoms with van der Waals surface area (Å²) in [6.45, 7) is 5.41. The van der Waals surface area contributed by atoms with Crippen molar-refractivity contribution < 1.29 is 4.79 Å². The SMILES string of the molecule is CCN(CC)C(=O)CN(Cc1ccccc1)c1c(N)n(Cc2ccccc2)c(=O)[nH]c1=O. The Labute approximate surface area is 186 Å². The quantitative estimate of drug-likeness (QED) is 0.535. The number of nitrogens with zero attached hydrogens (tertiary/aromatic N) is 3. The number of benzene rings is 2. The largest absolute Gasteiger partial charge is 0.383 e. The number of aromatic nitrogens is 2. The fourth-order valence-corrected chi connectivity index (χ4v) is 3.66. The number of nitrogens with two attached hydrogens (primary N) is 1. The van der Waals surface area contributed by atoms with E-state index in [-0.39, 0.29) is 30.5 Å². The summed E-state index contributed by atoms with van der Waals surface area (Å²) >= 11 is 0. The molecule has 168 valence electrons. The van der Waals surface area contributed by atoms with Gasteiger partial charge in [-0.1, -0.05) is 60.7 Å². The van der Waals surface area contributed by atoms with E-state index in [0.717, 1.165) is 11.1 Å². The molecule has 3 rings (SSSR count). The van der Waals surface area contributed by atoms with Crippen molar-refractivity contribution in [3.8, 4) is 0 Å². The number of carbonyl (C=O) groups is 1. The van der Waals surface area contributed by atoms with Crippen LogP contribution in [0.25, 0.3) is 0 Å². The Morgan fingerprint density at radius 2 is 1.50 bits per heavy atom. The fraction of sp³-hybridized carbons (Fsp3) is 0.292. The zero-order valence-corrected chi connectivity index (χ0v) is 18.5. The van der Waals surface area contributed by atoms with Crippen LogP contribution in [-0.2, 0) is 17.9 Å². The van der Waals surface area contributed by atoms with Crippen LogP contribution in [0.2, 0.25) is 0 Å². The van der Waals surface area contributed by atoms with Gasteiger partial charge in [0.25, 0.3) is 5.56 Å². The van der Waals surface area contributed by atoms with Crippen LogP contribution in [0.3, 0.4) is 0 Å². The molecule has 0 atom stereocenters. The zero-order valence-electron chi connectivity index (χ0n) is 18.5. The van der Waals surface area contributed by atoms with E-state index in [1.807, 2.05) is 74.5 Å². The molecular weight excluding hydrogens is 406 g/mol. The Bertz CT molecular complexity index is 1150. The van der Waals surface area contributed by atoms with Gasteiger partial charge in [0.2, 0.25) is 5.91 Å². The summed E-state index contributed by atoms with van der Waals surface area (Å²) in [5.74, 6) is -0.0866. The molecule has 0 saturated carbocycles. The molecule has 1 aromatic heterocycles. The van der Waals surface area contributed by atoms with Crippen LogP contribution in [0.5, 0.6) is 0 Å². The lowest BCUT2D eigenvalue weighted by molar-refractivity contribution is -0.129. The van der Waals surface area contributed by atoms with E-state index in [2.05, 4.69) is 4.98 Å². The van der Waals surface area contributed by atoms with Gasteiger partial charge in [-0.25, -0.2) is 4.79 Å². The second-order valence-corrected chi connectivity index (χ2v) is 7.47. The molecule has 2 aromatic carbocycles. The minimum atomic E-state index is -0.611. The molecule has 3 aromatic rings. The Morgan fingerprint density at radius 1 is 0.938 bits per heavy atom. The lowest BCUT2D eigenvalue weighted by Gasteiger charge is -2.28. The smallest absolute Gasteiger partial charge is 0.330 e. The number of amides is 1. The van der Waals surface area contributed by atoms with Crippen molar-refractivity contribution in [1.29, 1.82) is 0 Å². The highest BCUT2D eigenvalue weighted by molar-refractivity contribution is 5.82. The van der Waals surface area contributed by atoms with Crippen LogP contribution >= 0.6 is 0 Å². The molecule has 8 nitrogen and oxygen atoms in total. The highest BCUT2D eigenvalue weighted by Gasteiger charge is 2.23. The minimum Gasteiger partial charge on any atom is -0.383 e. The summed E-state index contributed by atoms with van der Waals surface area (Å²) in [6, 6.07) is 18.9. The number of rotatable bonds is 9. The van der Waals surface area contributed by atoms with Gasteiger partial charge in [-0.05, 0) is 25.0 Å². The molecule has 1 heterocycles. The van der Waals surface area contributed by atoms with Gasteiger partial charge in [-0.15, -0.1) is 0 Å². The second-order valence-electron chi connectivity index (χ2n) is 7.47. The van der Waals surface area contributed by atoms with Gasteiger partial charge in [0, 0.05) is 19.6 Å². The van der Waals surface area contributed by atoms with Gasteiger partial charge >= 0.3 is 5.69 Å². The molecule has 0 fully saturated rings. The standard InChI is InChI=1S/C24H29N5O3/c1-3-27(4-2)20(30)17-28(15-18-11-7-5-8-12-18)21-22(25)29(24(32)26-23(21)31)16-19-13-9-6-10-14-19/h5-14H,3-4,15-17,25H2,1-2H3,(H,26,31,32). The van der Waals surface area contributed by atoms with E-state index in [1.165, 1.54) is 4.57 Å². The summed E-state index contributed by atoms with van der Waals surface area (Å²) < 4.78 is 1.33. The first-order chi connectivity index (χ1) is 15.4. The first-order valence-electron chi connectivity index (χ1n) is 10.7. The van der Waals surface area contributed by atoms with Crippen LogP contribution in [-0.4, -0.2) is 40.0 Å². The van der Waals surface area contributed by atoms with E-state index >= 15 is 0 Å². The van der Waals surface area contributed by atoms with E-state index in [1.54, 1.807) is 9.80 Å². The molecule has 3 N–H and O–H groups in total. The maximum atomic E-state index is 12.9. The molecule has 1 amide bonds. The van der Waals surface area contributed by atoms with Crippen LogP contribution in [0.1, 0.15) is 25.0 Å². The summed E-state index contributed by atoms with van der Waals surface area (Å²) in [5, 5.41) is 0. The number of aromatic amines is 1. The zero-order chi connectivity index (χ0) is 23.1. The third-order valence-corrected chi connectivity index (χ3v) is 5.37. The summed E-state index contributed by atoms with van der Waals surface area (Å²) in [5.41, 5.74) is 7.08.